The number of nitrogens with zero attached hydrogens (tertiary/aromatic N) is 2. The van der Waals surface area contributed by atoms with Gasteiger partial charge in [-0.25, -0.2) is 4.79 Å². The molecule has 8 heteroatoms. The van der Waals surface area contributed by atoms with Crippen LogP contribution in [0, 0.1) is 5.92 Å². The molecule has 1 unspecified atom stereocenters. The smallest absolute Gasteiger partial charge is 0.325 e. The fourth-order valence-corrected chi connectivity index (χ4v) is 4.62. The van der Waals surface area contributed by atoms with Gasteiger partial charge in [-0.1, -0.05) is 37.3 Å². The third-order valence-electron chi connectivity index (χ3n) is 6.64. The van der Waals surface area contributed by atoms with Gasteiger partial charge in [0.25, 0.3) is 5.91 Å². The maximum atomic E-state index is 13.2. The second-order valence-corrected chi connectivity index (χ2v) is 8.51. The van der Waals surface area contributed by atoms with Crippen molar-refractivity contribution in [2.45, 2.75) is 31.7 Å². The Morgan fingerprint density at radius 2 is 1.67 bits per heavy atom. The highest BCUT2D eigenvalue weighted by Crippen LogP contribution is 2.32. The Morgan fingerprint density at radius 3 is 2.27 bits per heavy atom. The molecular formula is C25H27N3O5. The van der Waals surface area contributed by atoms with Gasteiger partial charge in [0.15, 0.2) is 5.78 Å². The molecule has 1 atom stereocenters. The number of Topliss-reactive ketones (excluding diaryl/α,β-unsaturated/α-hetero) is 1. The summed E-state index contributed by atoms with van der Waals surface area (Å²) in [5.41, 5.74) is 0.0605. The Bertz CT molecular complexity index is 1060. The lowest BCUT2D eigenvalue weighted by Crippen LogP contribution is -2.47. The molecule has 0 spiro atoms. The van der Waals surface area contributed by atoms with Gasteiger partial charge >= 0.3 is 6.03 Å². The number of likely N-dealkylation sites (tertiary alicyclic amines) is 1. The van der Waals surface area contributed by atoms with E-state index in [1.54, 1.807) is 29.2 Å². The molecule has 0 radical (unpaired) electrons. The summed E-state index contributed by atoms with van der Waals surface area (Å²) in [6.45, 7) is 2.27. The molecule has 0 aromatic heterocycles. The summed E-state index contributed by atoms with van der Waals surface area (Å²) in [4.78, 5) is 54.1. The first-order chi connectivity index (χ1) is 15.9. The Morgan fingerprint density at radius 1 is 1.03 bits per heavy atom. The summed E-state index contributed by atoms with van der Waals surface area (Å²) >= 11 is 0. The van der Waals surface area contributed by atoms with Crippen molar-refractivity contribution >= 4 is 23.6 Å². The van der Waals surface area contributed by atoms with Gasteiger partial charge in [-0.3, -0.25) is 19.3 Å². The van der Waals surface area contributed by atoms with Crippen LogP contribution in [0.5, 0.6) is 5.75 Å². The molecule has 33 heavy (non-hydrogen) atoms. The zero-order chi connectivity index (χ0) is 23.6. The first kappa shape index (κ1) is 22.5. The lowest BCUT2D eigenvalue weighted by Gasteiger charge is -2.32. The fraction of sp³-hybridized carbons (Fsp3) is 0.360. The molecule has 172 valence electrons. The highest BCUT2D eigenvalue weighted by molar-refractivity contribution is 6.09. The van der Waals surface area contributed by atoms with Crippen LogP contribution >= 0.6 is 0 Å². The second kappa shape index (κ2) is 9.05. The first-order valence-electron chi connectivity index (χ1n) is 11.2. The van der Waals surface area contributed by atoms with E-state index in [0.717, 1.165) is 4.90 Å². The van der Waals surface area contributed by atoms with Crippen molar-refractivity contribution < 1.29 is 24.3 Å². The minimum Gasteiger partial charge on any atom is -0.508 e. The molecule has 2 saturated heterocycles. The number of nitrogens with one attached hydrogen (secondary N) is 1. The molecule has 0 saturated carbocycles. The van der Waals surface area contributed by atoms with E-state index < -0.39 is 17.5 Å². The van der Waals surface area contributed by atoms with Gasteiger partial charge in [-0.15, -0.1) is 0 Å². The number of hydrogen-bond acceptors (Lipinski definition) is 5. The molecule has 2 heterocycles. The topological polar surface area (TPSA) is 107 Å². The number of benzene rings is 2. The number of aromatic hydroxyl groups is 1. The Balaban J connectivity index is 1.38. The fourth-order valence-electron chi connectivity index (χ4n) is 4.62. The molecule has 0 bridgehead atoms. The van der Waals surface area contributed by atoms with Crippen LogP contribution in [0.1, 0.15) is 42.1 Å². The second-order valence-electron chi connectivity index (χ2n) is 8.51. The molecule has 2 aliphatic heterocycles. The molecule has 4 amide bonds. The molecule has 8 nitrogen and oxygen atoms in total. The van der Waals surface area contributed by atoms with Crippen LogP contribution in [-0.2, 0) is 15.1 Å². The minimum atomic E-state index is -1.16. The van der Waals surface area contributed by atoms with Gasteiger partial charge in [-0.2, -0.15) is 0 Å². The maximum absolute atomic E-state index is 13.2. The monoisotopic (exact) mass is 449 g/mol. The van der Waals surface area contributed by atoms with E-state index in [1.807, 2.05) is 25.1 Å². The number of amides is 4. The zero-order valence-electron chi connectivity index (χ0n) is 18.5. The van der Waals surface area contributed by atoms with Crippen LogP contribution in [0.2, 0.25) is 0 Å². The van der Waals surface area contributed by atoms with E-state index in [9.17, 15) is 24.3 Å². The quantitative estimate of drug-likeness (QED) is 0.521. The van der Waals surface area contributed by atoms with Crippen molar-refractivity contribution in [1.82, 2.24) is 15.1 Å². The molecule has 2 fully saturated rings. The normalized spacial score (nSPS) is 21.2. The number of hydrogen-bond donors (Lipinski definition) is 2. The van der Waals surface area contributed by atoms with Crippen LogP contribution in [-0.4, -0.2) is 58.2 Å². The molecule has 2 N–H and O–H groups in total. The zero-order valence-corrected chi connectivity index (χ0v) is 18.5. The van der Waals surface area contributed by atoms with Gasteiger partial charge in [0.05, 0.1) is 0 Å². The lowest BCUT2D eigenvalue weighted by atomic mass is 9.87. The number of carbonyl (C=O) groups excluding carboxylic acids is 4. The van der Waals surface area contributed by atoms with Crippen molar-refractivity contribution in [2.24, 2.45) is 5.92 Å². The third-order valence-corrected chi connectivity index (χ3v) is 6.64. The van der Waals surface area contributed by atoms with Crippen molar-refractivity contribution in [3.05, 3.63) is 65.7 Å². The molecule has 2 aromatic rings. The van der Waals surface area contributed by atoms with Crippen molar-refractivity contribution in [2.75, 3.05) is 19.6 Å². The van der Waals surface area contributed by atoms with Crippen LogP contribution < -0.4 is 5.32 Å². The molecule has 2 aromatic carbocycles. The Labute approximate surface area is 192 Å². The largest absolute Gasteiger partial charge is 0.508 e. The van der Waals surface area contributed by atoms with E-state index >= 15 is 0 Å². The minimum absolute atomic E-state index is 0.00760. The summed E-state index contributed by atoms with van der Waals surface area (Å²) < 4.78 is 0. The lowest BCUT2D eigenvalue weighted by molar-refractivity contribution is -0.140. The molecule has 2 aliphatic rings. The summed E-state index contributed by atoms with van der Waals surface area (Å²) in [6, 6.07) is 14.6. The summed E-state index contributed by atoms with van der Waals surface area (Å²) in [5.74, 6) is -0.847. The summed E-state index contributed by atoms with van der Waals surface area (Å²) in [5, 5.41) is 12.2. The number of piperidine rings is 1. The van der Waals surface area contributed by atoms with E-state index in [0.29, 0.717) is 43.5 Å². The van der Waals surface area contributed by atoms with Gasteiger partial charge in [0, 0.05) is 24.6 Å². The van der Waals surface area contributed by atoms with Crippen molar-refractivity contribution in [1.29, 1.82) is 0 Å². The van der Waals surface area contributed by atoms with Crippen LogP contribution in [0.4, 0.5) is 4.79 Å². The average Bonchev–Trinajstić information content (AvgIpc) is 3.10. The van der Waals surface area contributed by atoms with E-state index in [2.05, 4.69) is 5.32 Å². The number of imide groups is 1. The standard InChI is InChI=1S/C25H27N3O5/c1-2-25(19-6-4-3-5-7-19)23(32)28(24(33)26-25)16-21(30)27-14-12-18(13-15-27)22(31)17-8-10-20(29)11-9-17/h3-11,18,29H,2,12-16H2,1H3,(H,26,33). The summed E-state index contributed by atoms with van der Waals surface area (Å²) in [6.07, 6.45) is 1.39. The van der Waals surface area contributed by atoms with E-state index in [-0.39, 0.29) is 29.9 Å². The SMILES string of the molecule is CCC1(c2ccccc2)NC(=O)N(CC(=O)N2CCC(C(=O)c3ccc(O)cc3)CC2)C1=O. The van der Waals surface area contributed by atoms with Gasteiger partial charge in [0.2, 0.25) is 5.91 Å². The van der Waals surface area contributed by atoms with E-state index in [4.69, 9.17) is 0 Å². The third kappa shape index (κ3) is 4.20. The number of ketones is 1. The van der Waals surface area contributed by atoms with Crippen molar-refractivity contribution in [3.8, 4) is 5.75 Å². The highest BCUT2D eigenvalue weighted by Gasteiger charge is 2.51. The van der Waals surface area contributed by atoms with Crippen LogP contribution in [0.25, 0.3) is 0 Å². The average molecular weight is 450 g/mol. The van der Waals surface area contributed by atoms with Crippen molar-refractivity contribution in [3.63, 3.8) is 0 Å². The highest BCUT2D eigenvalue weighted by atomic mass is 16.3. The summed E-state index contributed by atoms with van der Waals surface area (Å²) in [7, 11) is 0. The number of phenols is 1. The predicted octanol–water partition coefficient (Wildman–Crippen LogP) is 2.67. The maximum Gasteiger partial charge on any atom is 0.325 e. The molecular weight excluding hydrogens is 422 g/mol. The van der Waals surface area contributed by atoms with Crippen LogP contribution in [0.15, 0.2) is 54.6 Å². The van der Waals surface area contributed by atoms with E-state index in [1.165, 1.54) is 12.1 Å². The Kier molecular flexibility index (Phi) is 6.18. The van der Waals surface area contributed by atoms with Gasteiger partial charge in [-0.05, 0) is 49.1 Å². The van der Waals surface area contributed by atoms with Gasteiger partial charge < -0.3 is 15.3 Å². The number of rotatable bonds is 6. The Hall–Kier alpha value is -3.68. The van der Waals surface area contributed by atoms with Crippen LogP contribution in [0.3, 0.4) is 0 Å². The first-order valence-corrected chi connectivity index (χ1v) is 11.2. The van der Waals surface area contributed by atoms with Gasteiger partial charge in [0.1, 0.15) is 17.8 Å². The molecule has 4 rings (SSSR count). The number of carbonyl (C=O) groups is 4. The molecule has 0 aliphatic carbocycles. The number of phenolic OH excluding ortho intramolecular Hbond substituents is 1. The number of urea groups is 1. The predicted molar refractivity (Wildman–Crippen MR) is 120 cm³/mol.